The summed E-state index contributed by atoms with van der Waals surface area (Å²) >= 11 is 0. The van der Waals surface area contributed by atoms with Crippen molar-refractivity contribution < 1.29 is 28.8 Å². The third-order valence-corrected chi connectivity index (χ3v) is 0.348. The van der Waals surface area contributed by atoms with Gasteiger partial charge in [-0.2, -0.15) is 0 Å². The first-order valence-corrected chi connectivity index (χ1v) is 1.67. The Bertz CT molecular complexity index is 56.9. The maximum absolute atomic E-state index is 9.41. The van der Waals surface area contributed by atoms with E-state index in [4.69, 9.17) is 5.73 Å². The van der Waals surface area contributed by atoms with Crippen LogP contribution in [0.1, 0.15) is 6.42 Å². The normalized spacial score (nSPS) is 7.00. The van der Waals surface area contributed by atoms with Crippen LogP contribution in [0.25, 0.3) is 0 Å². The third-order valence-electron chi connectivity index (χ3n) is 0.348. The SMILES string of the molecule is NCCC(=O)[O-].[Li+]. The Kier molecular flexibility index (Phi) is 8.70. The number of carbonyl (C=O) groups is 1. The van der Waals surface area contributed by atoms with Crippen LogP contribution in [0.5, 0.6) is 0 Å². The molecule has 0 atom stereocenters. The zero-order valence-corrected chi connectivity index (χ0v) is 4.31. The zero-order valence-electron chi connectivity index (χ0n) is 4.31. The van der Waals surface area contributed by atoms with Gasteiger partial charge in [0, 0.05) is 5.97 Å². The molecule has 36 valence electrons. The molecule has 0 heterocycles. The Morgan fingerprint density at radius 3 is 2.14 bits per heavy atom. The molecule has 0 saturated carbocycles. The minimum atomic E-state index is -1.09. The first-order valence-electron chi connectivity index (χ1n) is 1.67. The van der Waals surface area contributed by atoms with Crippen molar-refractivity contribution in [1.82, 2.24) is 0 Å². The Morgan fingerprint density at radius 2 is 2.14 bits per heavy atom. The zero-order chi connectivity index (χ0) is 4.99. The second-order valence-corrected chi connectivity index (χ2v) is 0.911. The van der Waals surface area contributed by atoms with Crippen LogP contribution in [-0.2, 0) is 4.79 Å². The quantitative estimate of drug-likeness (QED) is 0.349. The predicted molar refractivity (Wildman–Crippen MR) is 18.7 cm³/mol. The first kappa shape index (κ1) is 10.1. The van der Waals surface area contributed by atoms with Gasteiger partial charge in [-0.3, -0.25) is 0 Å². The third kappa shape index (κ3) is 10.7. The largest absolute Gasteiger partial charge is 1.00 e. The number of hydrogen-bond donors (Lipinski definition) is 1. The summed E-state index contributed by atoms with van der Waals surface area (Å²) in [6.07, 6.45) is -0.0417. The molecule has 0 radical (unpaired) electrons. The van der Waals surface area contributed by atoms with Gasteiger partial charge in [0.2, 0.25) is 0 Å². The minimum absolute atomic E-state index is 0. The Hall–Kier alpha value is 0.0274. The van der Waals surface area contributed by atoms with Gasteiger partial charge in [0.25, 0.3) is 0 Å². The molecule has 0 aromatic carbocycles. The molecule has 0 fully saturated rings. The average Bonchev–Trinajstić information content (AvgIpc) is 1.35. The molecule has 0 aliphatic rings. The van der Waals surface area contributed by atoms with Crippen LogP contribution in [0.4, 0.5) is 0 Å². The monoisotopic (exact) mass is 95.1 g/mol. The number of aliphatic carboxylic acids is 1. The van der Waals surface area contributed by atoms with Crippen LogP contribution < -0.4 is 29.7 Å². The van der Waals surface area contributed by atoms with Crippen LogP contribution in [0.15, 0.2) is 0 Å². The molecule has 0 saturated heterocycles. The van der Waals surface area contributed by atoms with E-state index in [1.165, 1.54) is 0 Å². The van der Waals surface area contributed by atoms with Crippen LogP contribution in [0, 0.1) is 0 Å². The molecule has 0 aliphatic carbocycles. The van der Waals surface area contributed by atoms with Gasteiger partial charge >= 0.3 is 18.9 Å². The predicted octanol–water partition coefficient (Wildman–Crippen LogP) is -4.91. The van der Waals surface area contributed by atoms with Crippen molar-refractivity contribution in [1.29, 1.82) is 0 Å². The van der Waals surface area contributed by atoms with Gasteiger partial charge in [-0.05, 0) is 13.0 Å². The fourth-order valence-corrected chi connectivity index (χ4v) is 0.118. The summed E-state index contributed by atoms with van der Waals surface area (Å²) in [4.78, 5) is 9.41. The molecule has 7 heavy (non-hydrogen) atoms. The standard InChI is InChI=1S/C3H7NO2.Li/c4-2-1-3(5)6;/h1-2,4H2,(H,5,6);/q;+1/p-1. The molecule has 0 bridgehead atoms. The average molecular weight is 95.0 g/mol. The summed E-state index contributed by atoms with van der Waals surface area (Å²) in [7, 11) is 0. The number of nitrogens with two attached hydrogens (primary N) is 1. The fourth-order valence-electron chi connectivity index (χ4n) is 0.118. The molecule has 0 spiro atoms. The molecule has 0 amide bonds. The summed E-state index contributed by atoms with van der Waals surface area (Å²) in [6.45, 7) is 0.169. The van der Waals surface area contributed by atoms with E-state index in [1.54, 1.807) is 0 Å². The van der Waals surface area contributed by atoms with Gasteiger partial charge in [-0.15, -0.1) is 0 Å². The molecule has 0 rings (SSSR count). The Balaban J connectivity index is 0. The second-order valence-electron chi connectivity index (χ2n) is 0.911. The summed E-state index contributed by atoms with van der Waals surface area (Å²) in [5.74, 6) is -1.09. The van der Waals surface area contributed by atoms with Crippen molar-refractivity contribution in [2.75, 3.05) is 6.54 Å². The number of carbonyl (C=O) groups excluding carboxylic acids is 1. The van der Waals surface area contributed by atoms with Crippen molar-refractivity contribution in [2.45, 2.75) is 6.42 Å². The van der Waals surface area contributed by atoms with Crippen molar-refractivity contribution in [3.8, 4) is 0 Å². The number of carboxylic acids is 1. The second kappa shape index (κ2) is 6.03. The van der Waals surface area contributed by atoms with Crippen LogP contribution in [0.2, 0.25) is 0 Å². The van der Waals surface area contributed by atoms with Crippen molar-refractivity contribution in [3.05, 3.63) is 0 Å². The Morgan fingerprint density at radius 1 is 1.71 bits per heavy atom. The maximum Gasteiger partial charge on any atom is 1.00 e. The van der Waals surface area contributed by atoms with Crippen molar-refractivity contribution >= 4 is 5.97 Å². The number of rotatable bonds is 2. The number of carboxylic acid groups (broad SMARTS) is 1. The summed E-state index contributed by atoms with van der Waals surface area (Å²) in [5, 5.41) is 9.41. The van der Waals surface area contributed by atoms with E-state index in [0.29, 0.717) is 0 Å². The summed E-state index contributed by atoms with van der Waals surface area (Å²) in [5.41, 5.74) is 4.81. The molecule has 0 aromatic heterocycles. The van der Waals surface area contributed by atoms with Gasteiger partial charge in [0.15, 0.2) is 0 Å². The van der Waals surface area contributed by atoms with E-state index in [-0.39, 0.29) is 31.8 Å². The number of hydrogen-bond acceptors (Lipinski definition) is 3. The smallest absolute Gasteiger partial charge is 0.550 e. The molecule has 3 nitrogen and oxygen atoms in total. The topological polar surface area (TPSA) is 66.2 Å². The Labute approximate surface area is 54.1 Å². The minimum Gasteiger partial charge on any atom is -0.550 e. The van der Waals surface area contributed by atoms with E-state index < -0.39 is 5.97 Å². The van der Waals surface area contributed by atoms with E-state index in [0.717, 1.165) is 0 Å². The van der Waals surface area contributed by atoms with Gasteiger partial charge in [-0.25, -0.2) is 0 Å². The van der Waals surface area contributed by atoms with E-state index in [2.05, 4.69) is 0 Å². The van der Waals surface area contributed by atoms with Crippen molar-refractivity contribution in [3.63, 3.8) is 0 Å². The van der Waals surface area contributed by atoms with Gasteiger partial charge in [0.05, 0.1) is 0 Å². The van der Waals surface area contributed by atoms with Crippen LogP contribution in [-0.4, -0.2) is 12.5 Å². The first-order chi connectivity index (χ1) is 2.77. The molecular weight excluding hydrogens is 89.0 g/mol. The molecule has 0 unspecified atom stereocenters. The van der Waals surface area contributed by atoms with Crippen LogP contribution >= 0.6 is 0 Å². The maximum atomic E-state index is 9.41. The van der Waals surface area contributed by atoms with Gasteiger partial charge in [-0.1, -0.05) is 0 Å². The summed E-state index contributed by atoms with van der Waals surface area (Å²) in [6, 6.07) is 0. The fraction of sp³-hybridized carbons (Fsp3) is 0.667. The van der Waals surface area contributed by atoms with E-state index in [9.17, 15) is 9.90 Å². The van der Waals surface area contributed by atoms with Gasteiger partial charge < -0.3 is 15.6 Å². The molecule has 4 heteroatoms. The molecule has 0 aliphatic heterocycles. The van der Waals surface area contributed by atoms with E-state index >= 15 is 0 Å². The van der Waals surface area contributed by atoms with E-state index in [1.807, 2.05) is 0 Å². The van der Waals surface area contributed by atoms with Gasteiger partial charge in [0.1, 0.15) is 0 Å². The van der Waals surface area contributed by atoms with Crippen LogP contribution in [0.3, 0.4) is 0 Å². The molecule has 0 aromatic rings. The molecule has 2 N–H and O–H groups in total. The van der Waals surface area contributed by atoms with Crippen molar-refractivity contribution in [2.24, 2.45) is 5.73 Å². The summed E-state index contributed by atoms with van der Waals surface area (Å²) < 4.78 is 0. The molecular formula is C3H6LiNO2.